The summed E-state index contributed by atoms with van der Waals surface area (Å²) in [6.07, 6.45) is 3.50. The Hall–Kier alpha value is -1.92. The number of nitrogens with zero attached hydrogens (tertiary/aromatic N) is 1. The fourth-order valence-corrected chi connectivity index (χ4v) is 3.19. The lowest BCUT2D eigenvalue weighted by molar-refractivity contribution is 0.0652. The van der Waals surface area contributed by atoms with Crippen LogP contribution in [0.25, 0.3) is 0 Å². The molecule has 1 saturated heterocycles. The zero-order chi connectivity index (χ0) is 17.1. The molecule has 0 atom stereocenters. The second-order valence-corrected chi connectivity index (χ2v) is 6.37. The highest BCUT2D eigenvalue weighted by molar-refractivity contribution is 6.22. The summed E-state index contributed by atoms with van der Waals surface area (Å²) in [6, 6.07) is 4.94. The van der Waals surface area contributed by atoms with Crippen LogP contribution in [0.2, 0.25) is 0 Å². The zero-order valence-electron chi connectivity index (χ0n) is 14.3. The summed E-state index contributed by atoms with van der Waals surface area (Å²) in [7, 11) is 0. The summed E-state index contributed by atoms with van der Waals surface area (Å²) >= 11 is 0. The minimum absolute atomic E-state index is 0. The van der Waals surface area contributed by atoms with E-state index in [1.165, 1.54) is 4.90 Å². The number of unbranched alkanes of at least 4 members (excludes halogenated alkanes) is 1. The second-order valence-electron chi connectivity index (χ2n) is 6.37. The number of piperidine rings is 1. The maximum Gasteiger partial charge on any atom is 0.261 e. The van der Waals surface area contributed by atoms with Crippen molar-refractivity contribution >= 4 is 30.1 Å². The molecule has 0 unspecified atom stereocenters. The van der Waals surface area contributed by atoms with E-state index in [1.54, 1.807) is 18.2 Å². The maximum atomic E-state index is 12.4. The summed E-state index contributed by atoms with van der Waals surface area (Å²) < 4.78 is 0. The first kappa shape index (κ1) is 19.4. The van der Waals surface area contributed by atoms with Gasteiger partial charge in [0.2, 0.25) is 0 Å². The van der Waals surface area contributed by atoms with Gasteiger partial charge < -0.3 is 10.6 Å². The second kappa shape index (κ2) is 8.45. The van der Waals surface area contributed by atoms with E-state index in [9.17, 15) is 14.4 Å². The fourth-order valence-electron chi connectivity index (χ4n) is 3.19. The number of hydrogen-bond donors (Lipinski definition) is 2. The molecule has 2 N–H and O–H groups in total. The van der Waals surface area contributed by atoms with Crippen molar-refractivity contribution in [3.63, 3.8) is 0 Å². The van der Waals surface area contributed by atoms with Crippen molar-refractivity contribution in [2.45, 2.75) is 38.6 Å². The van der Waals surface area contributed by atoms with Gasteiger partial charge in [-0.2, -0.15) is 0 Å². The first-order valence-corrected chi connectivity index (χ1v) is 8.63. The molecule has 2 aliphatic rings. The quantitative estimate of drug-likeness (QED) is 0.782. The van der Waals surface area contributed by atoms with E-state index in [4.69, 9.17) is 0 Å². The Morgan fingerprint density at radius 3 is 2.56 bits per heavy atom. The number of nitrogens with one attached hydrogen (secondary N) is 2. The molecule has 1 aromatic carbocycles. The maximum absolute atomic E-state index is 12.4. The topological polar surface area (TPSA) is 78.5 Å². The molecular formula is C18H24ClN3O3. The van der Waals surface area contributed by atoms with Gasteiger partial charge in [0.05, 0.1) is 11.1 Å². The van der Waals surface area contributed by atoms with Gasteiger partial charge in [0, 0.05) is 18.2 Å². The molecule has 0 spiro atoms. The van der Waals surface area contributed by atoms with Crippen LogP contribution in [0.5, 0.6) is 0 Å². The third kappa shape index (κ3) is 4.02. The van der Waals surface area contributed by atoms with Gasteiger partial charge in [-0.3, -0.25) is 19.3 Å². The van der Waals surface area contributed by atoms with E-state index in [-0.39, 0.29) is 36.2 Å². The Bertz CT molecular complexity index is 672. The standard InChI is InChI=1S/C18H23N3O3.ClH/c1-2-3-10-21-17(23)14-5-4-12(11-15(14)18(21)24)16(22)20-13-6-8-19-9-7-13;/h4-5,11,13,19H,2-3,6-10H2,1H3,(H,20,22);1H. The molecule has 2 heterocycles. The molecule has 25 heavy (non-hydrogen) atoms. The SMILES string of the molecule is CCCCN1C(=O)c2ccc(C(=O)NC3CCNCC3)cc2C1=O.Cl. The molecule has 0 bridgehead atoms. The molecule has 0 aliphatic carbocycles. The van der Waals surface area contributed by atoms with Crippen LogP contribution in [-0.4, -0.2) is 48.3 Å². The molecule has 6 nitrogen and oxygen atoms in total. The normalized spacial score (nSPS) is 17.2. The van der Waals surface area contributed by atoms with Crippen molar-refractivity contribution in [3.05, 3.63) is 34.9 Å². The highest BCUT2D eigenvalue weighted by Gasteiger charge is 2.35. The van der Waals surface area contributed by atoms with Crippen molar-refractivity contribution in [1.29, 1.82) is 0 Å². The van der Waals surface area contributed by atoms with Gasteiger partial charge in [-0.25, -0.2) is 0 Å². The van der Waals surface area contributed by atoms with E-state index in [2.05, 4.69) is 10.6 Å². The van der Waals surface area contributed by atoms with E-state index < -0.39 is 0 Å². The highest BCUT2D eigenvalue weighted by Crippen LogP contribution is 2.24. The summed E-state index contributed by atoms with van der Waals surface area (Å²) in [4.78, 5) is 38.4. The monoisotopic (exact) mass is 365 g/mol. The summed E-state index contributed by atoms with van der Waals surface area (Å²) in [5.74, 6) is -0.731. The van der Waals surface area contributed by atoms with Crippen molar-refractivity contribution in [2.24, 2.45) is 0 Å². The number of imide groups is 1. The molecule has 0 radical (unpaired) electrons. The van der Waals surface area contributed by atoms with Gasteiger partial charge in [0.15, 0.2) is 0 Å². The van der Waals surface area contributed by atoms with Gasteiger partial charge in [-0.1, -0.05) is 13.3 Å². The predicted octanol–water partition coefficient (Wildman–Crippen LogP) is 1.99. The molecule has 3 amide bonds. The van der Waals surface area contributed by atoms with Crippen molar-refractivity contribution < 1.29 is 14.4 Å². The van der Waals surface area contributed by atoms with Crippen LogP contribution in [-0.2, 0) is 0 Å². The number of fused-ring (bicyclic) bond motifs is 1. The van der Waals surface area contributed by atoms with Crippen LogP contribution >= 0.6 is 12.4 Å². The number of rotatable bonds is 5. The van der Waals surface area contributed by atoms with Crippen LogP contribution in [0.3, 0.4) is 0 Å². The first-order chi connectivity index (χ1) is 11.6. The minimum atomic E-state index is -0.292. The largest absolute Gasteiger partial charge is 0.349 e. The Morgan fingerprint density at radius 2 is 1.88 bits per heavy atom. The van der Waals surface area contributed by atoms with Gasteiger partial charge in [-0.15, -0.1) is 12.4 Å². The molecule has 1 aromatic rings. The van der Waals surface area contributed by atoms with E-state index in [1.807, 2.05) is 6.92 Å². The average molecular weight is 366 g/mol. The number of hydrogen-bond acceptors (Lipinski definition) is 4. The van der Waals surface area contributed by atoms with Crippen LogP contribution < -0.4 is 10.6 Å². The van der Waals surface area contributed by atoms with Crippen LogP contribution in [0.1, 0.15) is 63.7 Å². The summed E-state index contributed by atoms with van der Waals surface area (Å²) in [6.45, 7) is 4.24. The van der Waals surface area contributed by atoms with E-state index in [0.717, 1.165) is 38.8 Å². The van der Waals surface area contributed by atoms with Crippen LogP contribution in [0.4, 0.5) is 0 Å². The molecule has 7 heteroatoms. The van der Waals surface area contributed by atoms with Crippen molar-refractivity contribution in [2.75, 3.05) is 19.6 Å². The summed E-state index contributed by atoms with van der Waals surface area (Å²) in [5, 5.41) is 6.26. The molecule has 2 aliphatic heterocycles. The highest BCUT2D eigenvalue weighted by atomic mass is 35.5. The Kier molecular flexibility index (Phi) is 6.56. The molecular weight excluding hydrogens is 342 g/mol. The number of carbonyl (C=O) groups is 3. The van der Waals surface area contributed by atoms with Crippen LogP contribution in [0, 0.1) is 0 Å². The minimum Gasteiger partial charge on any atom is -0.349 e. The van der Waals surface area contributed by atoms with Gasteiger partial charge in [0.25, 0.3) is 17.7 Å². The molecule has 1 fully saturated rings. The molecule has 0 aromatic heterocycles. The lowest BCUT2D eigenvalue weighted by Gasteiger charge is -2.23. The Labute approximate surface area is 153 Å². The van der Waals surface area contributed by atoms with Crippen molar-refractivity contribution in [3.8, 4) is 0 Å². The Balaban J connectivity index is 0.00000225. The van der Waals surface area contributed by atoms with Crippen LogP contribution in [0.15, 0.2) is 18.2 Å². The average Bonchev–Trinajstić information content (AvgIpc) is 2.84. The number of amides is 3. The number of carbonyl (C=O) groups excluding carboxylic acids is 3. The fraction of sp³-hybridized carbons (Fsp3) is 0.500. The lowest BCUT2D eigenvalue weighted by atomic mass is 10.0. The van der Waals surface area contributed by atoms with E-state index >= 15 is 0 Å². The molecule has 136 valence electrons. The molecule has 0 saturated carbocycles. The van der Waals surface area contributed by atoms with Crippen molar-refractivity contribution in [1.82, 2.24) is 15.5 Å². The molecule has 3 rings (SSSR count). The third-order valence-electron chi connectivity index (χ3n) is 4.64. The van der Waals surface area contributed by atoms with Gasteiger partial charge >= 0.3 is 0 Å². The lowest BCUT2D eigenvalue weighted by Crippen LogP contribution is -2.42. The zero-order valence-corrected chi connectivity index (χ0v) is 15.2. The van der Waals surface area contributed by atoms with Gasteiger partial charge in [0.1, 0.15) is 0 Å². The van der Waals surface area contributed by atoms with E-state index in [0.29, 0.717) is 23.2 Å². The predicted molar refractivity (Wildman–Crippen MR) is 97.3 cm³/mol. The Morgan fingerprint density at radius 1 is 1.20 bits per heavy atom. The van der Waals surface area contributed by atoms with Gasteiger partial charge in [-0.05, 0) is 50.6 Å². The number of halogens is 1. The summed E-state index contributed by atoms with van der Waals surface area (Å²) in [5.41, 5.74) is 1.18. The smallest absolute Gasteiger partial charge is 0.261 e. The number of benzene rings is 1. The first-order valence-electron chi connectivity index (χ1n) is 8.63. The third-order valence-corrected chi connectivity index (χ3v) is 4.64.